The third-order valence-electron chi connectivity index (χ3n) is 4.97. The van der Waals surface area contributed by atoms with Gasteiger partial charge in [0.1, 0.15) is 12.3 Å². The SMILES string of the molecule is COCC(=O)Nc1c(C(=O)OC)n(CCC(C)C)c2ncc(N[C@H](C)CC(C)(C)O)cc12. The predicted molar refractivity (Wildman–Crippen MR) is 125 cm³/mol. The second-order valence-electron chi connectivity index (χ2n) is 9.19. The third-order valence-corrected chi connectivity index (χ3v) is 4.97. The van der Waals surface area contributed by atoms with Gasteiger partial charge in [0.2, 0.25) is 5.91 Å². The van der Waals surface area contributed by atoms with Gasteiger partial charge in [-0.2, -0.15) is 0 Å². The van der Waals surface area contributed by atoms with E-state index in [9.17, 15) is 14.7 Å². The lowest BCUT2D eigenvalue weighted by Crippen LogP contribution is -2.29. The number of aryl methyl sites for hydroxylation is 1. The topological polar surface area (TPSA) is 115 Å². The molecule has 32 heavy (non-hydrogen) atoms. The molecule has 0 saturated carbocycles. The van der Waals surface area contributed by atoms with Gasteiger partial charge in [0, 0.05) is 25.1 Å². The van der Waals surface area contributed by atoms with E-state index in [2.05, 4.69) is 29.5 Å². The van der Waals surface area contributed by atoms with Crippen LogP contribution in [0.2, 0.25) is 0 Å². The molecule has 9 heteroatoms. The van der Waals surface area contributed by atoms with Crippen molar-refractivity contribution < 1.29 is 24.2 Å². The number of pyridine rings is 1. The zero-order valence-electron chi connectivity index (χ0n) is 20.1. The summed E-state index contributed by atoms with van der Waals surface area (Å²) >= 11 is 0. The van der Waals surface area contributed by atoms with Crippen molar-refractivity contribution in [1.29, 1.82) is 0 Å². The zero-order valence-corrected chi connectivity index (χ0v) is 20.1. The third kappa shape index (κ3) is 6.67. The van der Waals surface area contributed by atoms with Crippen molar-refractivity contribution in [3.05, 3.63) is 18.0 Å². The standard InChI is InChI=1S/C23H36N4O5/c1-14(2)8-9-27-20(22(29)32-7)19(26-18(28)13-31-6)17-10-16(12-24-21(17)27)25-15(3)11-23(4,5)30/h10,12,14-15,25,30H,8-9,11,13H2,1-7H3,(H,26,28)/t15-/m1/s1. The van der Waals surface area contributed by atoms with Crippen LogP contribution in [-0.4, -0.2) is 59.0 Å². The lowest BCUT2D eigenvalue weighted by molar-refractivity contribution is -0.119. The number of hydrogen-bond donors (Lipinski definition) is 3. The van der Waals surface area contributed by atoms with Crippen molar-refractivity contribution in [3.8, 4) is 0 Å². The minimum atomic E-state index is -0.818. The van der Waals surface area contributed by atoms with Crippen LogP contribution >= 0.6 is 0 Å². The maximum absolute atomic E-state index is 12.7. The van der Waals surface area contributed by atoms with Gasteiger partial charge in [-0.15, -0.1) is 0 Å². The van der Waals surface area contributed by atoms with E-state index >= 15 is 0 Å². The number of fused-ring (bicyclic) bond motifs is 1. The first-order valence-electron chi connectivity index (χ1n) is 10.8. The Hall–Kier alpha value is -2.65. The van der Waals surface area contributed by atoms with Crippen LogP contribution in [0.15, 0.2) is 12.3 Å². The highest BCUT2D eigenvalue weighted by atomic mass is 16.5. The Morgan fingerprint density at radius 3 is 2.50 bits per heavy atom. The molecule has 2 rings (SSSR count). The average Bonchev–Trinajstić information content (AvgIpc) is 2.97. The second-order valence-corrected chi connectivity index (χ2v) is 9.19. The largest absolute Gasteiger partial charge is 0.464 e. The fourth-order valence-corrected chi connectivity index (χ4v) is 3.74. The molecule has 0 aromatic carbocycles. The molecule has 0 aliphatic rings. The van der Waals surface area contributed by atoms with Crippen LogP contribution < -0.4 is 10.6 Å². The van der Waals surface area contributed by atoms with Crippen molar-refractivity contribution >= 4 is 34.3 Å². The number of ether oxygens (including phenoxy) is 2. The van der Waals surface area contributed by atoms with Crippen LogP contribution in [0.25, 0.3) is 11.0 Å². The summed E-state index contributed by atoms with van der Waals surface area (Å²) in [7, 11) is 2.74. The number of carbonyl (C=O) groups excluding carboxylic acids is 2. The Balaban J connectivity index is 2.59. The number of amides is 1. The highest BCUT2D eigenvalue weighted by Crippen LogP contribution is 2.33. The lowest BCUT2D eigenvalue weighted by Gasteiger charge is -2.23. The van der Waals surface area contributed by atoms with Crippen molar-refractivity contribution in [3.63, 3.8) is 0 Å². The number of hydrogen-bond acceptors (Lipinski definition) is 7. The van der Waals surface area contributed by atoms with E-state index in [0.29, 0.717) is 41.3 Å². The Kier molecular flexibility index (Phi) is 8.63. The number of nitrogens with one attached hydrogen (secondary N) is 2. The van der Waals surface area contributed by atoms with Crippen LogP contribution in [0.1, 0.15) is 57.9 Å². The van der Waals surface area contributed by atoms with E-state index in [-0.39, 0.29) is 24.2 Å². The average molecular weight is 449 g/mol. The molecule has 0 aliphatic heterocycles. The molecule has 1 amide bonds. The van der Waals surface area contributed by atoms with E-state index in [0.717, 1.165) is 6.42 Å². The molecule has 0 spiro atoms. The first-order valence-corrected chi connectivity index (χ1v) is 10.8. The number of aromatic nitrogens is 2. The van der Waals surface area contributed by atoms with Crippen LogP contribution in [0.3, 0.4) is 0 Å². The van der Waals surface area contributed by atoms with Crippen LogP contribution in [0, 0.1) is 5.92 Å². The summed E-state index contributed by atoms with van der Waals surface area (Å²) in [6, 6.07) is 1.83. The predicted octanol–water partition coefficient (Wildman–Crippen LogP) is 3.42. The molecule has 0 aliphatic carbocycles. The normalized spacial score (nSPS) is 12.8. The minimum absolute atomic E-state index is 0.0242. The van der Waals surface area contributed by atoms with Crippen molar-refractivity contribution in [2.24, 2.45) is 5.92 Å². The first-order chi connectivity index (χ1) is 15.0. The van der Waals surface area contributed by atoms with Gasteiger partial charge < -0.3 is 29.8 Å². The first kappa shape index (κ1) is 25.6. The van der Waals surface area contributed by atoms with Gasteiger partial charge >= 0.3 is 5.97 Å². The summed E-state index contributed by atoms with van der Waals surface area (Å²) in [5, 5.41) is 16.9. The van der Waals surface area contributed by atoms with E-state index in [4.69, 9.17) is 9.47 Å². The Bertz CT molecular complexity index is 946. The number of methoxy groups -OCH3 is 2. The molecule has 0 fully saturated rings. The summed E-state index contributed by atoms with van der Waals surface area (Å²) in [5.74, 6) is -0.521. The molecule has 2 aromatic heterocycles. The van der Waals surface area contributed by atoms with Crippen LogP contribution in [0.4, 0.5) is 11.4 Å². The molecule has 0 saturated heterocycles. The Morgan fingerprint density at radius 2 is 1.94 bits per heavy atom. The summed E-state index contributed by atoms with van der Waals surface area (Å²) in [4.78, 5) is 29.7. The molecular formula is C23H36N4O5. The maximum Gasteiger partial charge on any atom is 0.356 e. The van der Waals surface area contributed by atoms with Gasteiger partial charge in [-0.3, -0.25) is 4.79 Å². The highest BCUT2D eigenvalue weighted by Gasteiger charge is 2.26. The number of nitrogens with zero attached hydrogens (tertiary/aromatic N) is 2. The molecule has 0 bridgehead atoms. The van der Waals surface area contributed by atoms with Gasteiger partial charge in [-0.25, -0.2) is 9.78 Å². The molecular weight excluding hydrogens is 412 g/mol. The van der Waals surface area contributed by atoms with Crippen LogP contribution in [-0.2, 0) is 20.8 Å². The fourth-order valence-electron chi connectivity index (χ4n) is 3.74. The fraction of sp³-hybridized carbons (Fsp3) is 0.609. The van der Waals surface area contributed by atoms with Crippen molar-refractivity contribution in [1.82, 2.24) is 9.55 Å². The molecule has 178 valence electrons. The minimum Gasteiger partial charge on any atom is -0.464 e. The molecule has 1 atom stereocenters. The van der Waals surface area contributed by atoms with Crippen molar-refractivity contribution in [2.45, 2.75) is 65.6 Å². The van der Waals surface area contributed by atoms with E-state index in [1.165, 1.54) is 14.2 Å². The second kappa shape index (κ2) is 10.8. The van der Waals surface area contributed by atoms with E-state index < -0.39 is 11.6 Å². The van der Waals surface area contributed by atoms with Crippen LogP contribution in [0.5, 0.6) is 0 Å². The Labute approximate surface area is 189 Å². The zero-order chi connectivity index (χ0) is 24.1. The van der Waals surface area contributed by atoms with E-state index in [1.807, 2.05) is 13.0 Å². The maximum atomic E-state index is 12.7. The summed E-state index contributed by atoms with van der Waals surface area (Å²) < 4.78 is 11.8. The van der Waals surface area contributed by atoms with Gasteiger partial charge in [-0.05, 0) is 45.6 Å². The van der Waals surface area contributed by atoms with Gasteiger partial charge in [0.15, 0.2) is 5.69 Å². The molecule has 0 radical (unpaired) electrons. The summed E-state index contributed by atoms with van der Waals surface area (Å²) in [5.41, 5.74) is 1.08. The number of anilines is 2. The lowest BCUT2D eigenvalue weighted by atomic mass is 10.0. The molecule has 3 N–H and O–H groups in total. The summed E-state index contributed by atoms with van der Waals surface area (Å²) in [6.07, 6.45) is 3.05. The molecule has 0 unspecified atom stereocenters. The number of esters is 1. The van der Waals surface area contributed by atoms with Gasteiger partial charge in [0.05, 0.1) is 30.3 Å². The van der Waals surface area contributed by atoms with Gasteiger partial charge in [0.25, 0.3) is 0 Å². The highest BCUT2D eigenvalue weighted by molar-refractivity contribution is 6.11. The van der Waals surface area contributed by atoms with Crippen molar-refractivity contribution in [2.75, 3.05) is 31.5 Å². The summed E-state index contributed by atoms with van der Waals surface area (Å²) in [6.45, 7) is 10.1. The molecule has 2 heterocycles. The smallest absolute Gasteiger partial charge is 0.356 e. The number of aliphatic hydroxyl groups is 1. The van der Waals surface area contributed by atoms with Gasteiger partial charge in [-0.1, -0.05) is 13.8 Å². The number of carbonyl (C=O) groups is 2. The molecule has 2 aromatic rings. The Morgan fingerprint density at radius 1 is 1.25 bits per heavy atom. The molecule has 9 nitrogen and oxygen atoms in total. The monoisotopic (exact) mass is 448 g/mol. The quantitative estimate of drug-likeness (QED) is 0.451. The van der Waals surface area contributed by atoms with E-state index in [1.54, 1.807) is 24.6 Å². The number of rotatable bonds is 11.